The Hall–Kier alpha value is -2.49. The maximum Gasteiger partial charge on any atom is 0.326 e. The molecule has 10 heteroatoms. The molecule has 1 atom stereocenters. The van der Waals surface area contributed by atoms with Crippen molar-refractivity contribution in [2.24, 2.45) is 5.92 Å². The molecule has 0 aliphatic heterocycles. The average molecular weight is 342 g/mol. The van der Waals surface area contributed by atoms with Crippen molar-refractivity contribution in [1.82, 2.24) is 20.8 Å². The van der Waals surface area contributed by atoms with Gasteiger partial charge < -0.3 is 25.0 Å². The highest BCUT2D eigenvalue weighted by molar-refractivity contribution is 5.88. The predicted octanol–water partition coefficient (Wildman–Crippen LogP) is -0.374. The zero-order valence-electron chi connectivity index (χ0n) is 13.9. The van der Waals surface area contributed by atoms with Crippen LogP contribution in [0.3, 0.4) is 0 Å². The van der Waals surface area contributed by atoms with Crippen molar-refractivity contribution in [3.8, 4) is 0 Å². The lowest BCUT2D eigenvalue weighted by Gasteiger charge is -2.16. The third kappa shape index (κ3) is 7.68. The highest BCUT2D eigenvalue weighted by atomic mass is 16.5. The Bertz CT molecular complexity index is 571. The first-order valence-corrected chi connectivity index (χ1v) is 7.43. The second kappa shape index (κ2) is 9.60. The number of hydrogen-bond donors (Lipinski definition) is 3. The first-order valence-electron chi connectivity index (χ1n) is 7.43. The van der Waals surface area contributed by atoms with Crippen molar-refractivity contribution in [3.63, 3.8) is 0 Å². The number of aryl methyl sites for hydroxylation is 1. The summed E-state index contributed by atoms with van der Waals surface area (Å²) in [6.45, 7) is 4.73. The number of carboxylic acid groups (broad SMARTS) is 1. The predicted molar refractivity (Wildman–Crippen MR) is 80.7 cm³/mol. The molecule has 3 N–H and O–H groups in total. The van der Waals surface area contributed by atoms with Gasteiger partial charge in [-0.05, 0) is 19.3 Å². The molecule has 134 valence electrons. The second-order valence-corrected chi connectivity index (χ2v) is 5.59. The number of hydrogen-bond acceptors (Lipinski definition) is 7. The second-order valence-electron chi connectivity index (χ2n) is 5.59. The molecule has 1 heterocycles. The van der Waals surface area contributed by atoms with E-state index in [-0.39, 0.29) is 31.6 Å². The fraction of sp³-hybridized carbons (Fsp3) is 0.643. The molecular weight excluding hydrogens is 320 g/mol. The molecule has 0 saturated heterocycles. The van der Waals surface area contributed by atoms with Crippen LogP contribution in [0.15, 0.2) is 4.52 Å². The third-order valence-electron chi connectivity index (χ3n) is 2.81. The van der Waals surface area contributed by atoms with Crippen LogP contribution in [0, 0.1) is 12.8 Å². The van der Waals surface area contributed by atoms with Crippen LogP contribution < -0.4 is 10.6 Å². The Morgan fingerprint density at radius 2 is 2.00 bits per heavy atom. The van der Waals surface area contributed by atoms with Crippen molar-refractivity contribution in [1.29, 1.82) is 0 Å². The first-order chi connectivity index (χ1) is 11.3. The quantitative estimate of drug-likeness (QED) is 0.522. The van der Waals surface area contributed by atoms with E-state index in [9.17, 15) is 14.4 Å². The van der Waals surface area contributed by atoms with E-state index < -0.39 is 23.8 Å². The highest BCUT2D eigenvalue weighted by Gasteiger charge is 2.21. The summed E-state index contributed by atoms with van der Waals surface area (Å²) >= 11 is 0. The van der Waals surface area contributed by atoms with Crippen molar-refractivity contribution >= 4 is 17.8 Å². The van der Waals surface area contributed by atoms with E-state index in [1.165, 1.54) is 0 Å². The minimum atomic E-state index is -1.11. The molecule has 0 bridgehead atoms. The van der Waals surface area contributed by atoms with E-state index in [2.05, 4.69) is 20.8 Å². The molecule has 0 saturated carbocycles. The Labute approximate surface area is 138 Å². The molecule has 1 aromatic rings. The van der Waals surface area contributed by atoms with E-state index in [0.717, 1.165) is 0 Å². The number of nitrogens with zero attached hydrogens (tertiary/aromatic N) is 2. The molecule has 1 aromatic heterocycles. The number of nitrogens with one attached hydrogen (secondary N) is 2. The van der Waals surface area contributed by atoms with Crippen LogP contribution in [-0.2, 0) is 25.7 Å². The van der Waals surface area contributed by atoms with Crippen LogP contribution in [0.2, 0.25) is 0 Å². The minimum Gasteiger partial charge on any atom is -0.480 e. The molecular formula is C14H22N4O6. The van der Waals surface area contributed by atoms with Gasteiger partial charge in [-0.25, -0.2) is 4.79 Å². The number of carboxylic acids is 1. The van der Waals surface area contributed by atoms with Gasteiger partial charge in [0, 0.05) is 0 Å². The van der Waals surface area contributed by atoms with Crippen LogP contribution in [0.25, 0.3) is 0 Å². The number of aromatic nitrogens is 2. The maximum absolute atomic E-state index is 11.7. The molecule has 0 fully saturated rings. The minimum absolute atomic E-state index is 0.0179. The summed E-state index contributed by atoms with van der Waals surface area (Å²) in [5.74, 6) is -1.38. The first kappa shape index (κ1) is 19.6. The van der Waals surface area contributed by atoms with Gasteiger partial charge >= 0.3 is 5.97 Å². The van der Waals surface area contributed by atoms with Gasteiger partial charge in [0.1, 0.15) is 19.3 Å². The van der Waals surface area contributed by atoms with Gasteiger partial charge in [-0.3, -0.25) is 9.59 Å². The SMILES string of the molecule is Cc1noc(COCC(=O)NCC(=O)N[C@@H](CC(C)C)C(=O)O)n1. The zero-order chi connectivity index (χ0) is 18.1. The number of aliphatic carboxylic acids is 1. The molecule has 0 aliphatic carbocycles. The van der Waals surface area contributed by atoms with Gasteiger partial charge in [-0.2, -0.15) is 4.98 Å². The third-order valence-corrected chi connectivity index (χ3v) is 2.81. The lowest BCUT2D eigenvalue weighted by atomic mass is 10.0. The van der Waals surface area contributed by atoms with Crippen molar-refractivity contribution in [2.75, 3.05) is 13.2 Å². The Balaban J connectivity index is 2.24. The van der Waals surface area contributed by atoms with Gasteiger partial charge in [-0.1, -0.05) is 19.0 Å². The van der Waals surface area contributed by atoms with E-state index in [4.69, 9.17) is 14.4 Å². The van der Waals surface area contributed by atoms with Crippen LogP contribution in [0.4, 0.5) is 0 Å². The summed E-state index contributed by atoms with van der Waals surface area (Å²) in [6, 6.07) is -0.980. The monoisotopic (exact) mass is 342 g/mol. The van der Waals surface area contributed by atoms with E-state index in [1.54, 1.807) is 6.92 Å². The Morgan fingerprint density at radius 3 is 2.54 bits per heavy atom. The van der Waals surface area contributed by atoms with Gasteiger partial charge in [0.25, 0.3) is 5.89 Å². The van der Waals surface area contributed by atoms with Gasteiger partial charge in [-0.15, -0.1) is 0 Å². The summed E-state index contributed by atoms with van der Waals surface area (Å²) in [5, 5.41) is 17.3. The summed E-state index contributed by atoms with van der Waals surface area (Å²) in [4.78, 5) is 38.2. The normalized spacial score (nSPS) is 12.0. The standard InChI is InChI=1S/C14H22N4O6/c1-8(2)4-10(14(21)22)17-11(19)5-15-12(20)6-23-7-13-16-9(3)18-24-13/h8,10H,4-7H2,1-3H3,(H,15,20)(H,17,19)(H,21,22)/t10-/m0/s1. The molecule has 0 spiro atoms. The number of amides is 2. The van der Waals surface area contributed by atoms with Crippen LogP contribution in [-0.4, -0.2) is 52.2 Å². The number of carbonyl (C=O) groups is 3. The topological polar surface area (TPSA) is 144 Å². The fourth-order valence-corrected chi connectivity index (χ4v) is 1.80. The molecule has 0 aliphatic rings. The smallest absolute Gasteiger partial charge is 0.326 e. The number of carbonyl (C=O) groups excluding carboxylic acids is 2. The van der Waals surface area contributed by atoms with Crippen LogP contribution in [0.5, 0.6) is 0 Å². The summed E-state index contributed by atoms with van der Waals surface area (Å²) in [6.07, 6.45) is 0.307. The van der Waals surface area contributed by atoms with Crippen LogP contribution >= 0.6 is 0 Å². The van der Waals surface area contributed by atoms with Crippen molar-refractivity contribution in [3.05, 3.63) is 11.7 Å². The van der Waals surface area contributed by atoms with Crippen molar-refractivity contribution < 1.29 is 28.8 Å². The largest absolute Gasteiger partial charge is 0.480 e. The summed E-state index contributed by atoms with van der Waals surface area (Å²) in [5.41, 5.74) is 0. The van der Waals surface area contributed by atoms with E-state index in [0.29, 0.717) is 12.2 Å². The Kier molecular flexibility index (Phi) is 7.83. The molecule has 2 amide bonds. The number of rotatable bonds is 10. The summed E-state index contributed by atoms with van der Waals surface area (Å²) < 4.78 is 9.87. The molecule has 10 nitrogen and oxygen atoms in total. The lowest BCUT2D eigenvalue weighted by molar-refractivity contribution is -0.142. The Morgan fingerprint density at radius 1 is 1.29 bits per heavy atom. The average Bonchev–Trinajstić information content (AvgIpc) is 2.89. The molecule has 1 rings (SSSR count). The highest BCUT2D eigenvalue weighted by Crippen LogP contribution is 2.04. The van der Waals surface area contributed by atoms with Gasteiger partial charge in [0.15, 0.2) is 5.82 Å². The molecule has 0 aromatic carbocycles. The maximum atomic E-state index is 11.7. The van der Waals surface area contributed by atoms with E-state index >= 15 is 0 Å². The lowest BCUT2D eigenvalue weighted by Crippen LogP contribution is -2.46. The van der Waals surface area contributed by atoms with Crippen LogP contribution in [0.1, 0.15) is 32.0 Å². The zero-order valence-corrected chi connectivity index (χ0v) is 13.9. The molecule has 0 radical (unpaired) electrons. The van der Waals surface area contributed by atoms with Crippen molar-refractivity contribution in [2.45, 2.75) is 39.8 Å². The summed E-state index contributed by atoms with van der Waals surface area (Å²) in [7, 11) is 0. The molecule has 24 heavy (non-hydrogen) atoms. The van der Waals surface area contributed by atoms with Gasteiger partial charge in [0.2, 0.25) is 11.8 Å². The fourth-order valence-electron chi connectivity index (χ4n) is 1.80. The van der Waals surface area contributed by atoms with E-state index in [1.807, 2.05) is 13.8 Å². The van der Waals surface area contributed by atoms with Gasteiger partial charge in [0.05, 0.1) is 6.54 Å². The number of ether oxygens (including phenoxy) is 1. The molecule has 0 unspecified atom stereocenters.